The molecule has 1 amide bonds. The van der Waals surface area contributed by atoms with Crippen molar-refractivity contribution in [2.24, 2.45) is 5.92 Å². The summed E-state index contributed by atoms with van der Waals surface area (Å²) in [5.74, 6) is 5.06. The number of rotatable bonds is 4. The van der Waals surface area contributed by atoms with Crippen LogP contribution in [0.3, 0.4) is 0 Å². The molecule has 0 saturated heterocycles. The molecule has 20 heavy (non-hydrogen) atoms. The average Bonchev–Trinajstić information content (AvgIpc) is 2.50. The van der Waals surface area contributed by atoms with E-state index >= 15 is 0 Å². The van der Waals surface area contributed by atoms with Crippen molar-refractivity contribution in [3.05, 3.63) is 35.4 Å². The zero-order chi connectivity index (χ0) is 15.0. The van der Waals surface area contributed by atoms with Gasteiger partial charge in [0.1, 0.15) is 6.61 Å². The predicted octanol–water partition coefficient (Wildman–Crippen LogP) is 1.65. The summed E-state index contributed by atoms with van der Waals surface area (Å²) in [4.78, 5) is 13.9. The first-order valence-electron chi connectivity index (χ1n) is 6.51. The van der Waals surface area contributed by atoms with Crippen LogP contribution in [0, 0.1) is 29.1 Å². The Morgan fingerprint density at radius 1 is 1.40 bits per heavy atom. The van der Waals surface area contributed by atoms with E-state index in [2.05, 4.69) is 17.9 Å². The number of aliphatic hydroxyl groups is 1. The van der Waals surface area contributed by atoms with Crippen molar-refractivity contribution in [1.29, 1.82) is 5.26 Å². The minimum atomic E-state index is -0.186. The monoisotopic (exact) mass is 270 g/mol. The molecule has 0 aliphatic rings. The van der Waals surface area contributed by atoms with Crippen molar-refractivity contribution in [3.63, 3.8) is 0 Å². The fourth-order valence-electron chi connectivity index (χ4n) is 1.75. The van der Waals surface area contributed by atoms with E-state index in [9.17, 15) is 4.79 Å². The Balaban J connectivity index is 2.83. The molecule has 4 heteroatoms. The first kappa shape index (κ1) is 15.8. The van der Waals surface area contributed by atoms with Gasteiger partial charge in [-0.05, 0) is 38.1 Å². The van der Waals surface area contributed by atoms with Crippen molar-refractivity contribution in [3.8, 4) is 17.9 Å². The Hall–Kier alpha value is -2.30. The molecular formula is C16H18N2O2. The van der Waals surface area contributed by atoms with E-state index in [0.717, 1.165) is 5.56 Å². The summed E-state index contributed by atoms with van der Waals surface area (Å²) in [5, 5.41) is 17.4. The zero-order valence-corrected chi connectivity index (χ0v) is 11.8. The molecule has 0 heterocycles. The Morgan fingerprint density at radius 2 is 2.05 bits per heavy atom. The lowest BCUT2D eigenvalue weighted by molar-refractivity contribution is 0.0752. The molecule has 1 N–H and O–H groups in total. The van der Waals surface area contributed by atoms with Crippen molar-refractivity contribution >= 4 is 5.91 Å². The van der Waals surface area contributed by atoms with Gasteiger partial charge in [-0.1, -0.05) is 11.8 Å². The molecule has 104 valence electrons. The summed E-state index contributed by atoms with van der Waals surface area (Å²) < 4.78 is 0. The number of carbonyl (C=O) groups is 1. The van der Waals surface area contributed by atoms with Crippen LogP contribution in [0.15, 0.2) is 24.3 Å². The van der Waals surface area contributed by atoms with E-state index in [1.807, 2.05) is 6.92 Å². The van der Waals surface area contributed by atoms with E-state index in [1.165, 1.54) is 0 Å². The topological polar surface area (TPSA) is 64.3 Å². The third-order valence-electron chi connectivity index (χ3n) is 2.83. The van der Waals surface area contributed by atoms with Gasteiger partial charge in [0.2, 0.25) is 0 Å². The van der Waals surface area contributed by atoms with Crippen LogP contribution >= 0.6 is 0 Å². The predicted molar refractivity (Wildman–Crippen MR) is 76.8 cm³/mol. The van der Waals surface area contributed by atoms with Crippen LogP contribution in [0.4, 0.5) is 0 Å². The standard InChI is InChI=1S/C16H18N2O2/c1-3-18(12-13(2)11-17)16(20)15-8-6-14(7-9-15)5-4-10-19/h6-9,13,19H,3,10,12H2,1-2H3. The Bertz CT molecular complexity index is 547. The molecule has 0 bridgehead atoms. The number of aliphatic hydroxyl groups excluding tert-OH is 1. The number of hydrogen-bond donors (Lipinski definition) is 1. The SMILES string of the molecule is CCN(CC(C)C#N)C(=O)c1ccc(C#CCO)cc1. The molecule has 4 nitrogen and oxygen atoms in total. The van der Waals surface area contributed by atoms with Crippen molar-refractivity contribution in [1.82, 2.24) is 4.90 Å². The largest absolute Gasteiger partial charge is 0.384 e. The molecular weight excluding hydrogens is 252 g/mol. The van der Waals surface area contributed by atoms with Crippen molar-refractivity contribution in [2.45, 2.75) is 13.8 Å². The quantitative estimate of drug-likeness (QED) is 0.846. The second-order valence-corrected chi connectivity index (χ2v) is 4.41. The number of nitriles is 1. The van der Waals surface area contributed by atoms with Crippen molar-refractivity contribution < 1.29 is 9.90 Å². The van der Waals surface area contributed by atoms with Gasteiger partial charge in [-0.25, -0.2) is 0 Å². The first-order valence-corrected chi connectivity index (χ1v) is 6.51. The van der Waals surface area contributed by atoms with Gasteiger partial charge >= 0.3 is 0 Å². The normalized spacial score (nSPS) is 10.9. The maximum Gasteiger partial charge on any atom is 0.253 e. The van der Waals surface area contributed by atoms with Gasteiger partial charge in [0.15, 0.2) is 0 Å². The summed E-state index contributed by atoms with van der Waals surface area (Å²) >= 11 is 0. The number of nitrogens with zero attached hydrogens (tertiary/aromatic N) is 2. The summed E-state index contributed by atoms with van der Waals surface area (Å²) in [5.41, 5.74) is 1.33. The van der Waals surface area contributed by atoms with Crippen LogP contribution in [0.25, 0.3) is 0 Å². The average molecular weight is 270 g/mol. The fourth-order valence-corrected chi connectivity index (χ4v) is 1.75. The number of benzene rings is 1. The third kappa shape index (κ3) is 4.42. The number of carbonyl (C=O) groups excluding carboxylic acids is 1. The lowest BCUT2D eigenvalue weighted by atomic mass is 10.1. The van der Waals surface area contributed by atoms with E-state index in [-0.39, 0.29) is 18.4 Å². The van der Waals surface area contributed by atoms with E-state index in [4.69, 9.17) is 10.4 Å². The minimum absolute atomic E-state index is 0.0868. The minimum Gasteiger partial charge on any atom is -0.384 e. The third-order valence-corrected chi connectivity index (χ3v) is 2.83. The van der Waals surface area contributed by atoms with Crippen LogP contribution in [0.1, 0.15) is 29.8 Å². The highest BCUT2D eigenvalue weighted by Crippen LogP contribution is 2.09. The van der Waals surface area contributed by atoms with Gasteiger partial charge in [0.05, 0.1) is 12.0 Å². The maximum absolute atomic E-state index is 12.3. The van der Waals surface area contributed by atoms with Gasteiger partial charge < -0.3 is 10.0 Å². The van der Waals surface area contributed by atoms with E-state index in [1.54, 1.807) is 36.1 Å². The highest BCUT2D eigenvalue weighted by molar-refractivity contribution is 5.94. The number of hydrogen-bond acceptors (Lipinski definition) is 3. The summed E-state index contributed by atoms with van der Waals surface area (Å²) in [6, 6.07) is 9.05. The molecule has 1 unspecified atom stereocenters. The molecule has 0 aromatic heterocycles. The van der Waals surface area contributed by atoms with Gasteiger partial charge in [-0.15, -0.1) is 0 Å². The smallest absolute Gasteiger partial charge is 0.253 e. The number of amides is 1. The molecule has 1 atom stereocenters. The lowest BCUT2D eigenvalue weighted by Crippen LogP contribution is -2.34. The summed E-state index contributed by atoms with van der Waals surface area (Å²) in [7, 11) is 0. The first-order chi connectivity index (χ1) is 9.62. The summed E-state index contributed by atoms with van der Waals surface area (Å²) in [6.07, 6.45) is 0. The van der Waals surface area contributed by atoms with Crippen molar-refractivity contribution in [2.75, 3.05) is 19.7 Å². The van der Waals surface area contributed by atoms with Gasteiger partial charge in [-0.2, -0.15) is 5.26 Å². The maximum atomic E-state index is 12.3. The molecule has 1 rings (SSSR count). The second-order valence-electron chi connectivity index (χ2n) is 4.41. The Morgan fingerprint density at radius 3 is 2.55 bits per heavy atom. The van der Waals surface area contributed by atoms with Gasteiger partial charge in [-0.3, -0.25) is 4.79 Å². The fraction of sp³-hybridized carbons (Fsp3) is 0.375. The van der Waals surface area contributed by atoms with Crippen LogP contribution in [0.5, 0.6) is 0 Å². The molecule has 0 aliphatic carbocycles. The molecule has 0 saturated carbocycles. The van der Waals surface area contributed by atoms with Gasteiger partial charge in [0, 0.05) is 24.2 Å². The van der Waals surface area contributed by atoms with Crippen LogP contribution in [-0.4, -0.2) is 35.6 Å². The zero-order valence-electron chi connectivity index (χ0n) is 11.8. The van der Waals surface area contributed by atoms with Crippen LogP contribution < -0.4 is 0 Å². The highest BCUT2D eigenvalue weighted by atomic mass is 16.2. The second kappa shape index (κ2) is 7.99. The Labute approximate surface area is 119 Å². The van der Waals surface area contributed by atoms with E-state index < -0.39 is 0 Å². The molecule has 0 aliphatic heterocycles. The van der Waals surface area contributed by atoms with Gasteiger partial charge in [0.25, 0.3) is 5.91 Å². The van der Waals surface area contributed by atoms with Crippen LogP contribution in [0.2, 0.25) is 0 Å². The molecule has 1 aromatic rings. The molecule has 0 fully saturated rings. The lowest BCUT2D eigenvalue weighted by Gasteiger charge is -2.22. The highest BCUT2D eigenvalue weighted by Gasteiger charge is 2.16. The Kier molecular flexibility index (Phi) is 6.29. The molecule has 1 aromatic carbocycles. The molecule has 0 spiro atoms. The summed E-state index contributed by atoms with van der Waals surface area (Å²) in [6.45, 7) is 4.50. The molecule has 0 radical (unpaired) electrons. The van der Waals surface area contributed by atoms with Crippen LogP contribution in [-0.2, 0) is 0 Å². The van der Waals surface area contributed by atoms with E-state index in [0.29, 0.717) is 18.7 Å².